The summed E-state index contributed by atoms with van der Waals surface area (Å²) in [4.78, 5) is 25.4. The Hall–Kier alpha value is -2.15. The molecule has 0 saturated carbocycles. The molecular formula is C10H12N2O5. The summed E-state index contributed by atoms with van der Waals surface area (Å²) in [5, 5.41) is 28.8. The number of carboxylic acid groups (broad SMARTS) is 1. The van der Waals surface area contributed by atoms with Crippen LogP contribution in [0.15, 0.2) is 18.5 Å². The minimum atomic E-state index is -1.50. The number of carboxylic acids is 1. The normalized spacial score (nSPS) is 11.8. The molecule has 17 heavy (non-hydrogen) atoms. The molecule has 0 aromatic carbocycles. The van der Waals surface area contributed by atoms with Gasteiger partial charge in [0.1, 0.15) is 5.75 Å². The zero-order chi connectivity index (χ0) is 12.8. The van der Waals surface area contributed by atoms with Crippen LogP contribution in [0, 0.1) is 0 Å². The molecule has 0 aliphatic carbocycles. The van der Waals surface area contributed by atoms with E-state index in [4.69, 9.17) is 15.3 Å². The van der Waals surface area contributed by atoms with Gasteiger partial charge in [-0.15, -0.1) is 0 Å². The number of carbonyl (C=O) groups excluding carboxylic acids is 1. The number of aliphatic carboxylic acids is 1. The van der Waals surface area contributed by atoms with Gasteiger partial charge in [0.05, 0.1) is 11.8 Å². The van der Waals surface area contributed by atoms with Crippen LogP contribution in [-0.2, 0) is 4.79 Å². The van der Waals surface area contributed by atoms with E-state index in [0.29, 0.717) is 0 Å². The van der Waals surface area contributed by atoms with E-state index in [0.717, 1.165) is 0 Å². The second kappa shape index (κ2) is 5.80. The summed E-state index contributed by atoms with van der Waals surface area (Å²) in [6.07, 6.45) is 0.860. The average Bonchev–Trinajstić information content (AvgIpc) is 2.28. The molecule has 92 valence electrons. The van der Waals surface area contributed by atoms with Gasteiger partial charge in [0.25, 0.3) is 5.91 Å². The zero-order valence-corrected chi connectivity index (χ0v) is 8.83. The third kappa shape index (κ3) is 4.07. The molecule has 1 rings (SSSR count). The van der Waals surface area contributed by atoms with Crippen molar-refractivity contribution in [2.75, 3.05) is 6.54 Å². The highest BCUT2D eigenvalue weighted by atomic mass is 16.4. The summed E-state index contributed by atoms with van der Waals surface area (Å²) >= 11 is 0. The Balaban J connectivity index is 2.43. The van der Waals surface area contributed by atoms with E-state index >= 15 is 0 Å². The summed E-state index contributed by atoms with van der Waals surface area (Å²) in [6.45, 7) is 0.0158. The monoisotopic (exact) mass is 240 g/mol. The van der Waals surface area contributed by atoms with E-state index in [1.807, 2.05) is 0 Å². The Morgan fingerprint density at radius 2 is 2.12 bits per heavy atom. The van der Waals surface area contributed by atoms with Crippen LogP contribution in [0.3, 0.4) is 0 Å². The first-order valence-corrected chi connectivity index (χ1v) is 4.84. The molecule has 0 aliphatic heterocycles. The number of rotatable bonds is 5. The maximum Gasteiger partial charge on any atom is 0.332 e. The second-order valence-corrected chi connectivity index (χ2v) is 3.33. The fraction of sp³-hybridized carbons (Fsp3) is 0.300. The lowest BCUT2D eigenvalue weighted by Gasteiger charge is -2.07. The number of carbonyl (C=O) groups is 2. The molecule has 0 radical (unpaired) electrons. The molecule has 1 aromatic rings. The highest BCUT2D eigenvalue weighted by Crippen LogP contribution is 2.07. The maximum atomic E-state index is 11.5. The van der Waals surface area contributed by atoms with Gasteiger partial charge in [-0.3, -0.25) is 9.78 Å². The molecule has 0 unspecified atom stereocenters. The van der Waals surface area contributed by atoms with Crippen LogP contribution in [0.25, 0.3) is 0 Å². The fourth-order valence-electron chi connectivity index (χ4n) is 1.10. The molecule has 1 aromatic heterocycles. The molecule has 4 N–H and O–H groups in total. The van der Waals surface area contributed by atoms with Crippen LogP contribution >= 0.6 is 0 Å². The summed E-state index contributed by atoms with van der Waals surface area (Å²) in [6, 6.07) is 1.23. The molecule has 0 fully saturated rings. The van der Waals surface area contributed by atoms with Gasteiger partial charge < -0.3 is 20.6 Å². The van der Waals surface area contributed by atoms with Crippen molar-refractivity contribution in [2.24, 2.45) is 0 Å². The Morgan fingerprint density at radius 3 is 2.71 bits per heavy atom. The number of pyridine rings is 1. The first-order valence-electron chi connectivity index (χ1n) is 4.84. The summed E-state index contributed by atoms with van der Waals surface area (Å²) in [7, 11) is 0. The van der Waals surface area contributed by atoms with E-state index in [1.165, 1.54) is 18.5 Å². The SMILES string of the molecule is O=C(NCC[C@H](O)C(=O)O)c1cncc(O)c1. The van der Waals surface area contributed by atoms with Gasteiger partial charge in [-0.25, -0.2) is 4.79 Å². The number of aliphatic hydroxyl groups excluding tert-OH is 1. The lowest BCUT2D eigenvalue weighted by Crippen LogP contribution is -2.30. The molecule has 7 nitrogen and oxygen atoms in total. The molecular weight excluding hydrogens is 228 g/mol. The molecule has 0 spiro atoms. The second-order valence-electron chi connectivity index (χ2n) is 3.33. The quantitative estimate of drug-likeness (QED) is 0.543. The van der Waals surface area contributed by atoms with Crippen molar-refractivity contribution < 1.29 is 24.9 Å². The van der Waals surface area contributed by atoms with Crippen LogP contribution in [-0.4, -0.2) is 44.8 Å². The third-order valence-corrected chi connectivity index (χ3v) is 1.97. The van der Waals surface area contributed by atoms with Crippen molar-refractivity contribution in [3.05, 3.63) is 24.0 Å². The number of nitrogens with zero attached hydrogens (tertiary/aromatic N) is 1. The van der Waals surface area contributed by atoms with Crippen molar-refractivity contribution in [2.45, 2.75) is 12.5 Å². The van der Waals surface area contributed by atoms with E-state index < -0.39 is 18.0 Å². The minimum Gasteiger partial charge on any atom is -0.506 e. The Labute approximate surface area is 96.7 Å². The summed E-state index contributed by atoms with van der Waals surface area (Å²) < 4.78 is 0. The van der Waals surface area contributed by atoms with Gasteiger partial charge in [0.15, 0.2) is 6.10 Å². The molecule has 1 atom stereocenters. The maximum absolute atomic E-state index is 11.5. The van der Waals surface area contributed by atoms with Crippen LogP contribution < -0.4 is 5.32 Å². The largest absolute Gasteiger partial charge is 0.506 e. The Kier molecular flexibility index (Phi) is 4.41. The van der Waals surface area contributed by atoms with Crippen molar-refractivity contribution in [1.82, 2.24) is 10.3 Å². The third-order valence-electron chi connectivity index (χ3n) is 1.97. The Morgan fingerprint density at radius 1 is 1.41 bits per heavy atom. The summed E-state index contributed by atoms with van der Waals surface area (Å²) in [5.41, 5.74) is 0.162. The number of aromatic nitrogens is 1. The van der Waals surface area contributed by atoms with Gasteiger partial charge in [-0.1, -0.05) is 0 Å². The van der Waals surface area contributed by atoms with E-state index in [1.54, 1.807) is 0 Å². The lowest BCUT2D eigenvalue weighted by atomic mass is 10.2. The molecule has 0 bridgehead atoms. The molecule has 0 saturated heterocycles. The topological polar surface area (TPSA) is 120 Å². The smallest absolute Gasteiger partial charge is 0.332 e. The van der Waals surface area contributed by atoms with E-state index in [2.05, 4.69) is 10.3 Å². The van der Waals surface area contributed by atoms with Gasteiger partial charge in [-0.2, -0.15) is 0 Å². The standard InChI is InChI=1S/C10H12N2O5/c13-7-3-6(4-11-5-7)9(15)12-2-1-8(14)10(16)17/h3-5,8,13-14H,1-2H2,(H,12,15)(H,16,17)/t8-/m0/s1. The van der Waals surface area contributed by atoms with Gasteiger partial charge in [0, 0.05) is 19.2 Å². The van der Waals surface area contributed by atoms with Crippen LogP contribution in [0.1, 0.15) is 16.8 Å². The van der Waals surface area contributed by atoms with Crippen LogP contribution in [0.5, 0.6) is 5.75 Å². The van der Waals surface area contributed by atoms with Gasteiger partial charge >= 0.3 is 5.97 Å². The average molecular weight is 240 g/mol. The molecule has 1 amide bonds. The molecule has 0 aliphatic rings. The predicted octanol–water partition coefficient (Wildman–Crippen LogP) is -0.647. The zero-order valence-electron chi connectivity index (χ0n) is 8.83. The number of amides is 1. The highest BCUT2D eigenvalue weighted by Gasteiger charge is 2.13. The first-order chi connectivity index (χ1) is 8.00. The number of aromatic hydroxyl groups is 1. The number of hydrogen-bond donors (Lipinski definition) is 4. The molecule has 1 heterocycles. The van der Waals surface area contributed by atoms with E-state index in [9.17, 15) is 9.59 Å². The first kappa shape index (κ1) is 12.9. The number of hydrogen-bond acceptors (Lipinski definition) is 5. The summed E-state index contributed by atoms with van der Waals surface area (Å²) in [5.74, 6) is -1.97. The minimum absolute atomic E-state index is 0.0158. The fourth-order valence-corrected chi connectivity index (χ4v) is 1.10. The van der Waals surface area contributed by atoms with Gasteiger partial charge in [0.2, 0.25) is 0 Å². The van der Waals surface area contributed by atoms with Gasteiger partial charge in [-0.05, 0) is 6.07 Å². The van der Waals surface area contributed by atoms with Crippen LogP contribution in [0.2, 0.25) is 0 Å². The lowest BCUT2D eigenvalue weighted by molar-refractivity contribution is -0.146. The van der Waals surface area contributed by atoms with E-state index in [-0.39, 0.29) is 24.3 Å². The molecule has 7 heteroatoms. The predicted molar refractivity (Wildman–Crippen MR) is 56.5 cm³/mol. The van der Waals surface area contributed by atoms with Crippen molar-refractivity contribution in [1.29, 1.82) is 0 Å². The van der Waals surface area contributed by atoms with Crippen LogP contribution in [0.4, 0.5) is 0 Å². The highest BCUT2D eigenvalue weighted by molar-refractivity contribution is 5.94. The van der Waals surface area contributed by atoms with Crippen molar-refractivity contribution in [3.63, 3.8) is 0 Å². The van der Waals surface area contributed by atoms with Crippen molar-refractivity contribution >= 4 is 11.9 Å². The number of nitrogens with one attached hydrogen (secondary N) is 1. The van der Waals surface area contributed by atoms with Crippen molar-refractivity contribution in [3.8, 4) is 5.75 Å². The number of aliphatic hydroxyl groups is 1. The Bertz CT molecular complexity index is 421.